The Morgan fingerprint density at radius 3 is 2.25 bits per heavy atom. The summed E-state index contributed by atoms with van der Waals surface area (Å²) < 4.78 is 7.40. The van der Waals surface area contributed by atoms with E-state index in [0.29, 0.717) is 18.8 Å². The first kappa shape index (κ1) is 16.3. The molecule has 5 heteroatoms. The molecule has 2 heterocycles. The summed E-state index contributed by atoms with van der Waals surface area (Å²) in [5, 5.41) is 0. The van der Waals surface area contributed by atoms with Crippen LogP contribution in [0.2, 0.25) is 0 Å². The first-order valence-corrected chi connectivity index (χ1v) is 8.05. The van der Waals surface area contributed by atoms with Crippen LogP contribution in [0.25, 0.3) is 0 Å². The number of nitrogens with zero attached hydrogens (tertiary/aromatic N) is 2. The van der Waals surface area contributed by atoms with E-state index in [1.165, 1.54) is 6.07 Å². The topological polar surface area (TPSA) is 51.5 Å². The molecule has 24 heavy (non-hydrogen) atoms. The van der Waals surface area contributed by atoms with Gasteiger partial charge in [0.15, 0.2) is 0 Å². The molecule has 3 rings (SSSR count). The van der Waals surface area contributed by atoms with Gasteiger partial charge in [0.2, 0.25) is 0 Å². The smallest absolute Gasteiger partial charge is 0.254 e. The molecule has 1 fully saturated rings. The highest BCUT2D eigenvalue weighted by molar-refractivity contribution is 5.95. The van der Waals surface area contributed by atoms with Crippen LogP contribution in [-0.2, 0) is 7.05 Å². The van der Waals surface area contributed by atoms with Crippen molar-refractivity contribution in [3.05, 3.63) is 63.1 Å². The SMILES string of the molecule is Cc1cc(C)cc(C(=O)N2CC(Oc3cc(C)n(C)c(=O)c3)C2)c1. The third kappa shape index (κ3) is 3.20. The molecule has 0 bridgehead atoms. The lowest BCUT2D eigenvalue weighted by atomic mass is 10.0. The fraction of sp³-hybridized carbons (Fsp3) is 0.368. The molecule has 2 aromatic rings. The van der Waals surface area contributed by atoms with Gasteiger partial charge in [-0.25, -0.2) is 0 Å². The molecular formula is C19H22N2O3. The molecule has 1 amide bonds. The minimum Gasteiger partial charge on any atom is -0.486 e. The van der Waals surface area contributed by atoms with Gasteiger partial charge in [-0.05, 0) is 39.0 Å². The quantitative estimate of drug-likeness (QED) is 0.869. The van der Waals surface area contributed by atoms with Crippen molar-refractivity contribution in [2.45, 2.75) is 26.9 Å². The highest BCUT2D eigenvalue weighted by Crippen LogP contribution is 2.20. The molecule has 0 N–H and O–H groups in total. The number of likely N-dealkylation sites (tertiary alicyclic amines) is 1. The van der Waals surface area contributed by atoms with Crippen molar-refractivity contribution >= 4 is 5.91 Å². The van der Waals surface area contributed by atoms with Crippen molar-refractivity contribution in [1.29, 1.82) is 0 Å². The van der Waals surface area contributed by atoms with Gasteiger partial charge in [-0.1, -0.05) is 17.2 Å². The summed E-state index contributed by atoms with van der Waals surface area (Å²) in [6, 6.07) is 9.20. The van der Waals surface area contributed by atoms with E-state index in [1.54, 1.807) is 16.5 Å². The predicted octanol–water partition coefficient (Wildman–Crippen LogP) is 2.21. The summed E-state index contributed by atoms with van der Waals surface area (Å²) in [4.78, 5) is 26.1. The molecule has 0 saturated carbocycles. The lowest BCUT2D eigenvalue weighted by Crippen LogP contribution is -2.56. The number of carbonyl (C=O) groups is 1. The van der Waals surface area contributed by atoms with Crippen molar-refractivity contribution < 1.29 is 9.53 Å². The monoisotopic (exact) mass is 326 g/mol. The van der Waals surface area contributed by atoms with Gasteiger partial charge in [0.1, 0.15) is 11.9 Å². The fourth-order valence-corrected chi connectivity index (χ4v) is 2.96. The van der Waals surface area contributed by atoms with E-state index in [9.17, 15) is 9.59 Å². The maximum Gasteiger partial charge on any atom is 0.254 e. The van der Waals surface area contributed by atoms with Gasteiger partial charge < -0.3 is 14.2 Å². The van der Waals surface area contributed by atoms with Crippen LogP contribution in [0.4, 0.5) is 0 Å². The molecule has 1 aliphatic rings. The summed E-state index contributed by atoms with van der Waals surface area (Å²) in [5.74, 6) is 0.598. The zero-order chi connectivity index (χ0) is 17.4. The van der Waals surface area contributed by atoms with E-state index in [-0.39, 0.29) is 17.6 Å². The van der Waals surface area contributed by atoms with Crippen molar-refractivity contribution in [3.63, 3.8) is 0 Å². The molecule has 0 spiro atoms. The molecule has 1 aliphatic heterocycles. The number of carbonyl (C=O) groups excluding carboxylic acids is 1. The molecule has 1 aromatic carbocycles. The normalized spacial score (nSPS) is 14.4. The minimum absolute atomic E-state index is 0.0295. The maximum atomic E-state index is 12.5. The van der Waals surface area contributed by atoms with E-state index < -0.39 is 0 Å². The predicted molar refractivity (Wildman–Crippen MR) is 92.7 cm³/mol. The summed E-state index contributed by atoms with van der Waals surface area (Å²) in [7, 11) is 1.73. The van der Waals surface area contributed by atoms with Crippen LogP contribution in [-0.4, -0.2) is 34.6 Å². The fourth-order valence-electron chi connectivity index (χ4n) is 2.96. The number of hydrogen-bond donors (Lipinski definition) is 0. The lowest BCUT2D eigenvalue weighted by Gasteiger charge is -2.39. The maximum absolute atomic E-state index is 12.5. The van der Waals surface area contributed by atoms with E-state index >= 15 is 0 Å². The average molecular weight is 326 g/mol. The van der Waals surface area contributed by atoms with Gasteiger partial charge in [0.25, 0.3) is 11.5 Å². The largest absolute Gasteiger partial charge is 0.486 e. The van der Waals surface area contributed by atoms with E-state index in [2.05, 4.69) is 6.07 Å². The second kappa shape index (κ2) is 6.15. The Labute approximate surface area is 141 Å². The minimum atomic E-state index is -0.0903. The first-order chi connectivity index (χ1) is 11.3. The van der Waals surface area contributed by atoms with Crippen LogP contribution >= 0.6 is 0 Å². The molecule has 0 aliphatic carbocycles. The third-order valence-electron chi connectivity index (χ3n) is 4.38. The van der Waals surface area contributed by atoms with E-state index in [4.69, 9.17) is 4.74 Å². The van der Waals surface area contributed by atoms with Crippen LogP contribution in [0.3, 0.4) is 0 Å². The van der Waals surface area contributed by atoms with Crippen molar-refractivity contribution in [3.8, 4) is 5.75 Å². The molecular weight excluding hydrogens is 304 g/mol. The Bertz CT molecular complexity index is 828. The molecule has 1 saturated heterocycles. The van der Waals surface area contributed by atoms with Gasteiger partial charge in [0.05, 0.1) is 13.1 Å². The number of pyridine rings is 1. The summed E-state index contributed by atoms with van der Waals surface area (Å²) in [6.45, 7) is 6.93. The van der Waals surface area contributed by atoms with Crippen LogP contribution in [0.15, 0.2) is 35.1 Å². The van der Waals surface area contributed by atoms with Crippen LogP contribution in [0.5, 0.6) is 5.75 Å². The third-order valence-corrected chi connectivity index (χ3v) is 4.38. The number of aryl methyl sites for hydroxylation is 3. The van der Waals surface area contributed by atoms with Crippen molar-refractivity contribution in [1.82, 2.24) is 9.47 Å². The second-order valence-corrected chi connectivity index (χ2v) is 6.56. The average Bonchev–Trinajstić information content (AvgIpc) is 2.46. The molecule has 5 nitrogen and oxygen atoms in total. The highest BCUT2D eigenvalue weighted by Gasteiger charge is 2.33. The molecule has 126 valence electrons. The standard InChI is InChI=1S/C19H22N2O3/c1-12-5-13(2)7-15(6-12)19(23)21-10-17(11-21)24-16-8-14(3)20(4)18(22)9-16/h5-9,17H,10-11H2,1-4H3. The first-order valence-electron chi connectivity index (χ1n) is 8.05. The van der Waals surface area contributed by atoms with Gasteiger partial charge >= 0.3 is 0 Å². The van der Waals surface area contributed by atoms with Gasteiger partial charge in [-0.3, -0.25) is 9.59 Å². The zero-order valence-electron chi connectivity index (χ0n) is 14.5. The molecule has 0 unspecified atom stereocenters. The lowest BCUT2D eigenvalue weighted by molar-refractivity contribution is 0.0176. The Balaban J connectivity index is 1.63. The second-order valence-electron chi connectivity index (χ2n) is 6.56. The summed E-state index contributed by atoms with van der Waals surface area (Å²) in [5.41, 5.74) is 3.65. The van der Waals surface area contributed by atoms with Crippen molar-refractivity contribution in [2.24, 2.45) is 7.05 Å². The molecule has 1 aromatic heterocycles. The Kier molecular flexibility index (Phi) is 4.18. The number of aromatic nitrogens is 1. The Hall–Kier alpha value is -2.56. The number of hydrogen-bond acceptors (Lipinski definition) is 3. The van der Waals surface area contributed by atoms with E-state index in [1.807, 2.05) is 39.0 Å². The molecule has 0 atom stereocenters. The highest BCUT2D eigenvalue weighted by atomic mass is 16.5. The summed E-state index contributed by atoms with van der Waals surface area (Å²) >= 11 is 0. The summed E-state index contributed by atoms with van der Waals surface area (Å²) in [6.07, 6.45) is -0.0636. The van der Waals surface area contributed by atoms with Gasteiger partial charge in [-0.15, -0.1) is 0 Å². The molecule has 0 radical (unpaired) electrons. The van der Waals surface area contributed by atoms with Crippen LogP contribution in [0, 0.1) is 20.8 Å². The number of amides is 1. The number of ether oxygens (including phenoxy) is 1. The number of rotatable bonds is 3. The van der Waals surface area contributed by atoms with Crippen molar-refractivity contribution in [2.75, 3.05) is 13.1 Å². The van der Waals surface area contributed by atoms with E-state index in [0.717, 1.165) is 22.4 Å². The van der Waals surface area contributed by atoms with Gasteiger partial charge in [0, 0.05) is 24.4 Å². The Morgan fingerprint density at radius 1 is 1.04 bits per heavy atom. The zero-order valence-corrected chi connectivity index (χ0v) is 14.5. The van der Waals surface area contributed by atoms with Gasteiger partial charge in [-0.2, -0.15) is 0 Å². The Morgan fingerprint density at radius 2 is 1.67 bits per heavy atom. The van der Waals surface area contributed by atoms with Crippen LogP contribution in [0.1, 0.15) is 27.2 Å². The van der Waals surface area contributed by atoms with Crippen LogP contribution < -0.4 is 10.3 Å². The number of benzene rings is 1.